The summed E-state index contributed by atoms with van der Waals surface area (Å²) in [6.45, 7) is 0. The Labute approximate surface area is 122 Å². The fraction of sp³-hybridized carbons (Fsp3) is 0.0625. The molecule has 112 valence electrons. The maximum atomic E-state index is 13.6. The Balaban J connectivity index is 1.94. The highest BCUT2D eigenvalue weighted by Gasteiger charge is 2.23. The number of Topliss-reactive ketones (excluding diaryl/α,β-unsaturated/α-hetero) is 1. The molecule has 1 heterocycles. The van der Waals surface area contributed by atoms with Crippen molar-refractivity contribution in [1.29, 1.82) is 0 Å². The normalized spacial score (nSPS) is 11.1. The number of aromatic nitrogens is 1. The van der Waals surface area contributed by atoms with Crippen LogP contribution in [0.4, 0.5) is 17.6 Å². The van der Waals surface area contributed by atoms with E-state index in [9.17, 15) is 22.4 Å². The fourth-order valence-corrected chi connectivity index (χ4v) is 2.27. The summed E-state index contributed by atoms with van der Waals surface area (Å²) in [4.78, 5) is 15.0. The molecule has 0 amide bonds. The quantitative estimate of drug-likeness (QED) is 0.335. The number of rotatable bonds is 3. The van der Waals surface area contributed by atoms with E-state index in [1.165, 1.54) is 0 Å². The second-order valence-electron chi connectivity index (χ2n) is 4.85. The van der Waals surface area contributed by atoms with Gasteiger partial charge in [0.1, 0.15) is 0 Å². The van der Waals surface area contributed by atoms with Gasteiger partial charge in [0.25, 0.3) is 0 Å². The van der Waals surface area contributed by atoms with Crippen LogP contribution < -0.4 is 0 Å². The molecule has 1 N–H and O–H groups in total. The van der Waals surface area contributed by atoms with E-state index in [-0.39, 0.29) is 6.42 Å². The smallest absolute Gasteiger partial charge is 0.198 e. The van der Waals surface area contributed by atoms with E-state index in [1.807, 2.05) is 0 Å². The van der Waals surface area contributed by atoms with Crippen molar-refractivity contribution < 1.29 is 22.4 Å². The van der Waals surface area contributed by atoms with Crippen LogP contribution in [-0.4, -0.2) is 10.8 Å². The van der Waals surface area contributed by atoms with Crippen molar-refractivity contribution in [3.8, 4) is 0 Å². The van der Waals surface area contributed by atoms with Crippen molar-refractivity contribution in [3.63, 3.8) is 0 Å². The molecule has 0 aliphatic rings. The van der Waals surface area contributed by atoms with Crippen molar-refractivity contribution in [3.05, 3.63) is 70.9 Å². The molecule has 0 unspecified atom stereocenters. The average Bonchev–Trinajstić information content (AvgIpc) is 2.96. The first-order valence-electron chi connectivity index (χ1n) is 6.39. The lowest BCUT2D eigenvalue weighted by atomic mass is 10.0. The lowest BCUT2D eigenvalue weighted by molar-refractivity contribution is 0.0987. The standard InChI is InChI=1S/C16H9F4NO/c17-11-7-10(14(18)16(20)15(11)19)13(22)6-8-1-2-12-9(5-8)3-4-21-12/h1-5,7,21H,6H2. The van der Waals surface area contributed by atoms with E-state index in [0.29, 0.717) is 11.6 Å². The molecule has 0 spiro atoms. The maximum absolute atomic E-state index is 13.6. The molecule has 0 saturated heterocycles. The Morgan fingerprint density at radius 1 is 0.955 bits per heavy atom. The Bertz CT molecular complexity index is 885. The number of carbonyl (C=O) groups is 1. The van der Waals surface area contributed by atoms with Gasteiger partial charge in [-0.25, -0.2) is 17.6 Å². The first-order chi connectivity index (χ1) is 10.5. The molecule has 0 saturated carbocycles. The fourth-order valence-electron chi connectivity index (χ4n) is 2.27. The number of aromatic amines is 1. The molecule has 0 aliphatic carbocycles. The number of nitrogens with one attached hydrogen (secondary N) is 1. The minimum absolute atomic E-state index is 0.247. The Morgan fingerprint density at radius 3 is 2.50 bits per heavy atom. The predicted molar refractivity (Wildman–Crippen MR) is 72.6 cm³/mol. The average molecular weight is 307 g/mol. The second kappa shape index (κ2) is 5.29. The number of halogens is 4. The topological polar surface area (TPSA) is 32.9 Å². The van der Waals surface area contributed by atoms with Crippen LogP contribution >= 0.6 is 0 Å². The van der Waals surface area contributed by atoms with E-state index < -0.39 is 34.6 Å². The van der Waals surface area contributed by atoms with Crippen molar-refractivity contribution in [2.45, 2.75) is 6.42 Å². The van der Waals surface area contributed by atoms with Gasteiger partial charge in [0.15, 0.2) is 29.1 Å². The van der Waals surface area contributed by atoms with E-state index in [1.54, 1.807) is 30.5 Å². The highest BCUT2D eigenvalue weighted by molar-refractivity contribution is 5.98. The molecule has 22 heavy (non-hydrogen) atoms. The van der Waals surface area contributed by atoms with E-state index in [0.717, 1.165) is 10.9 Å². The van der Waals surface area contributed by atoms with Gasteiger partial charge >= 0.3 is 0 Å². The Hall–Kier alpha value is -2.63. The SMILES string of the molecule is O=C(Cc1ccc2[nH]ccc2c1)c1cc(F)c(F)c(F)c1F. The van der Waals surface area contributed by atoms with Crippen molar-refractivity contribution in [1.82, 2.24) is 4.98 Å². The zero-order valence-electron chi connectivity index (χ0n) is 11.1. The highest BCUT2D eigenvalue weighted by Crippen LogP contribution is 2.21. The van der Waals surface area contributed by atoms with Gasteiger partial charge in [-0.2, -0.15) is 0 Å². The number of fused-ring (bicyclic) bond motifs is 1. The number of benzene rings is 2. The molecule has 0 fully saturated rings. The van der Waals surface area contributed by atoms with E-state index in [2.05, 4.69) is 4.98 Å². The summed E-state index contributed by atoms with van der Waals surface area (Å²) in [5, 5.41) is 0.849. The summed E-state index contributed by atoms with van der Waals surface area (Å²) in [6.07, 6.45) is 1.48. The summed E-state index contributed by atoms with van der Waals surface area (Å²) in [7, 11) is 0. The maximum Gasteiger partial charge on any atom is 0.198 e. The van der Waals surface area contributed by atoms with Crippen LogP contribution in [0, 0.1) is 23.3 Å². The highest BCUT2D eigenvalue weighted by atomic mass is 19.2. The molecule has 2 aromatic carbocycles. The van der Waals surface area contributed by atoms with E-state index in [4.69, 9.17) is 0 Å². The molecular formula is C16H9F4NO. The van der Waals surface area contributed by atoms with Gasteiger partial charge < -0.3 is 4.98 Å². The largest absolute Gasteiger partial charge is 0.361 e. The van der Waals surface area contributed by atoms with Crippen LogP contribution in [0.15, 0.2) is 36.5 Å². The minimum atomic E-state index is -1.98. The monoisotopic (exact) mass is 307 g/mol. The number of H-pyrrole nitrogens is 1. The van der Waals surface area contributed by atoms with Gasteiger partial charge in [0.2, 0.25) is 0 Å². The van der Waals surface area contributed by atoms with E-state index >= 15 is 0 Å². The zero-order valence-corrected chi connectivity index (χ0v) is 11.1. The molecule has 2 nitrogen and oxygen atoms in total. The van der Waals surface area contributed by atoms with Gasteiger partial charge in [0.05, 0.1) is 5.56 Å². The summed E-state index contributed by atoms with van der Waals surface area (Å²) in [6, 6.07) is 7.26. The summed E-state index contributed by atoms with van der Waals surface area (Å²) < 4.78 is 52.8. The number of hydrogen-bond donors (Lipinski definition) is 1. The molecule has 0 radical (unpaired) electrons. The Kier molecular flexibility index (Phi) is 3.44. The molecule has 3 aromatic rings. The van der Waals surface area contributed by atoms with Gasteiger partial charge in [-0.1, -0.05) is 6.07 Å². The molecule has 3 rings (SSSR count). The van der Waals surface area contributed by atoms with Gasteiger partial charge in [-0.3, -0.25) is 4.79 Å². The molecule has 0 aliphatic heterocycles. The third-order valence-corrected chi connectivity index (χ3v) is 3.39. The first-order valence-corrected chi connectivity index (χ1v) is 6.39. The van der Waals surface area contributed by atoms with Crippen LogP contribution in [0.1, 0.15) is 15.9 Å². The number of hydrogen-bond acceptors (Lipinski definition) is 1. The number of carbonyl (C=O) groups excluding carboxylic acids is 1. The molecule has 0 atom stereocenters. The summed E-state index contributed by atoms with van der Waals surface area (Å²) in [5.74, 6) is -8.01. The van der Waals surface area contributed by atoms with Crippen LogP contribution in [0.2, 0.25) is 0 Å². The van der Waals surface area contributed by atoms with Crippen molar-refractivity contribution in [2.24, 2.45) is 0 Å². The van der Waals surface area contributed by atoms with Crippen LogP contribution in [-0.2, 0) is 6.42 Å². The van der Waals surface area contributed by atoms with Gasteiger partial charge in [0, 0.05) is 18.1 Å². The van der Waals surface area contributed by atoms with Crippen molar-refractivity contribution in [2.75, 3.05) is 0 Å². The molecule has 6 heteroatoms. The van der Waals surface area contributed by atoms with Gasteiger partial charge in [-0.05, 0) is 35.2 Å². The van der Waals surface area contributed by atoms with Crippen LogP contribution in [0.25, 0.3) is 10.9 Å². The Morgan fingerprint density at radius 2 is 1.73 bits per heavy atom. The molecule has 1 aromatic heterocycles. The zero-order chi connectivity index (χ0) is 15.9. The lowest BCUT2D eigenvalue weighted by Crippen LogP contribution is -2.10. The van der Waals surface area contributed by atoms with Crippen molar-refractivity contribution >= 4 is 16.7 Å². The predicted octanol–water partition coefficient (Wildman–Crippen LogP) is 4.15. The third-order valence-electron chi connectivity index (χ3n) is 3.39. The van der Waals surface area contributed by atoms with Gasteiger partial charge in [-0.15, -0.1) is 0 Å². The summed E-state index contributed by atoms with van der Waals surface area (Å²) >= 11 is 0. The minimum Gasteiger partial charge on any atom is -0.361 e. The van der Waals surface area contributed by atoms with Crippen LogP contribution in [0.5, 0.6) is 0 Å². The molecule has 0 bridgehead atoms. The second-order valence-corrected chi connectivity index (χ2v) is 4.85. The third kappa shape index (κ3) is 2.36. The molecular weight excluding hydrogens is 298 g/mol. The first kappa shape index (κ1) is 14.3. The lowest BCUT2D eigenvalue weighted by Gasteiger charge is -2.06. The summed E-state index contributed by atoms with van der Waals surface area (Å²) in [5.41, 5.74) is 0.619. The number of ketones is 1. The van der Waals surface area contributed by atoms with Crippen LogP contribution in [0.3, 0.4) is 0 Å².